The molecule has 8 N–H and O–H groups in total. The minimum absolute atomic E-state index is 0.0590. The third-order valence-corrected chi connectivity index (χ3v) is 15.6. The molecule has 1 aromatic rings. The van der Waals surface area contributed by atoms with Crippen LogP contribution in [0, 0.1) is 59.2 Å². The molecule has 3 saturated carbocycles. The minimum atomic E-state index is 0.0590. The standard InChI is InChI=1S/C12H23N.C11H15NO.C10H19NO.C10H19N.C9H19N.C8H17N.2C7H15N.C6H13N/c1-10(2)11(3)13-9-12-7-5-4-6-8-12;1-9(2)11(13)12-8-10-6-4-3-5-7-10;1-8(2)10(12)11-9-6-4-3-5-7-9;1-8(2)9(3)11-10-6-4-5-7-10;1-7(2)8(3)10-9(4,5)6;1-6(2)8(5)9-7(3)4;1-6(2)7(3)8(4)5;1-5-8-7(4)6(2)3;1-5(2)6(3)7-4/h10,12-13H,3-9H2,1-2H3;3-7,9H,8H2,1-2H3,(H,12,13);8-9H,3-7H2,1-2H3,(H,11,12);8,10-11H,3-7H2,1-2H3;7,10H,3H2,1-2,4-6H3;6-7,9H,5H2,1-4H3;6H,3H2,1-2,4-5H3;6,8H,4-5H2,1-3H3;5,7H,3H2,1-2,4H3. The zero-order valence-corrected chi connectivity index (χ0v) is 65.1. The zero-order chi connectivity index (χ0) is 71.6. The van der Waals surface area contributed by atoms with Gasteiger partial charge in [0.25, 0.3) is 0 Å². The molecular formula is C80H155N9O2. The molecule has 0 spiro atoms. The van der Waals surface area contributed by atoms with E-state index in [1.165, 1.54) is 107 Å². The van der Waals surface area contributed by atoms with E-state index in [-0.39, 0.29) is 29.2 Å². The predicted molar refractivity (Wildman–Crippen MR) is 408 cm³/mol. The molecular weight excluding hydrogens is 1120 g/mol. The summed E-state index contributed by atoms with van der Waals surface area (Å²) in [7, 11) is 5.92. The van der Waals surface area contributed by atoms with Gasteiger partial charge in [0.1, 0.15) is 0 Å². The number of hydrogen-bond acceptors (Lipinski definition) is 9. The number of nitrogens with zero attached hydrogens (tertiary/aromatic N) is 1. The third-order valence-electron chi connectivity index (χ3n) is 15.6. The third kappa shape index (κ3) is 60.9. The molecule has 0 saturated heterocycles. The van der Waals surface area contributed by atoms with Gasteiger partial charge in [-0.2, -0.15) is 0 Å². The lowest BCUT2D eigenvalue weighted by Crippen LogP contribution is -2.38. The second kappa shape index (κ2) is 56.5. The molecule has 11 heteroatoms. The van der Waals surface area contributed by atoms with E-state index in [1.807, 2.05) is 84.1 Å². The SMILES string of the molecule is C=C(C(C)C)N(C)C.C=C(NC(C)(C)C)C(C)C.C=C(NC(C)C)C(C)C.C=C(NC)C(C)C.C=C(NC1CCCC1)C(C)C.C=C(NCC)C(C)C.C=C(NCC1CCCCC1)C(C)C.CC(C)C(=O)NC1CCCCC1.CC(C)C(=O)NCc1ccccc1. The van der Waals surface area contributed by atoms with Gasteiger partial charge in [-0.15, -0.1) is 0 Å². The molecule has 4 rings (SSSR count). The molecule has 1 aromatic carbocycles. The largest absolute Gasteiger partial charge is 0.392 e. The fourth-order valence-corrected chi connectivity index (χ4v) is 8.37. The highest BCUT2D eigenvalue weighted by atomic mass is 16.2. The second-order valence-electron chi connectivity index (χ2n) is 29.4. The number of carbonyl (C=O) groups excluding carboxylic acids is 2. The minimum Gasteiger partial charge on any atom is -0.392 e. The van der Waals surface area contributed by atoms with Gasteiger partial charge in [0.05, 0.1) is 0 Å². The number of amides is 2. The summed E-state index contributed by atoms with van der Waals surface area (Å²) in [4.78, 5) is 24.6. The number of hydrogen-bond donors (Lipinski definition) is 8. The van der Waals surface area contributed by atoms with E-state index in [1.54, 1.807) is 0 Å². The molecule has 91 heavy (non-hydrogen) atoms. The maximum atomic E-state index is 11.3. The topological polar surface area (TPSA) is 134 Å². The van der Waals surface area contributed by atoms with E-state index >= 15 is 0 Å². The summed E-state index contributed by atoms with van der Waals surface area (Å²) in [5.41, 5.74) is 9.36. The van der Waals surface area contributed by atoms with Crippen molar-refractivity contribution in [3.05, 3.63) is 122 Å². The van der Waals surface area contributed by atoms with Crippen molar-refractivity contribution in [1.82, 2.24) is 47.4 Å². The number of rotatable bonds is 24. The smallest absolute Gasteiger partial charge is 0.222 e. The van der Waals surface area contributed by atoms with Gasteiger partial charge in [-0.1, -0.05) is 252 Å². The van der Waals surface area contributed by atoms with Crippen LogP contribution < -0.4 is 42.5 Å². The summed E-state index contributed by atoms with van der Waals surface area (Å²) in [5.74, 6) is 5.33. The van der Waals surface area contributed by atoms with Gasteiger partial charge in [-0.25, -0.2) is 0 Å². The van der Waals surface area contributed by atoms with Crippen molar-refractivity contribution in [3.63, 3.8) is 0 Å². The van der Waals surface area contributed by atoms with Crippen molar-refractivity contribution in [3.8, 4) is 0 Å². The number of nitrogens with one attached hydrogen (secondary N) is 8. The molecule has 0 radical (unpaired) electrons. The number of allylic oxidation sites excluding steroid dienone is 7. The molecule has 0 heterocycles. The summed E-state index contributed by atoms with van der Waals surface area (Å²) in [6.45, 7) is 80.5. The highest BCUT2D eigenvalue weighted by Gasteiger charge is 2.18. The average Bonchev–Trinajstić information content (AvgIpc) is 4.24. The van der Waals surface area contributed by atoms with E-state index in [0.717, 1.165) is 53.4 Å². The highest BCUT2D eigenvalue weighted by molar-refractivity contribution is 5.78. The molecule has 2 amide bonds. The van der Waals surface area contributed by atoms with Crippen molar-refractivity contribution in [2.45, 2.75) is 286 Å². The van der Waals surface area contributed by atoms with Gasteiger partial charge in [0, 0.05) is 116 Å². The van der Waals surface area contributed by atoms with E-state index in [9.17, 15) is 9.59 Å². The van der Waals surface area contributed by atoms with Crippen LogP contribution in [0.3, 0.4) is 0 Å². The first-order chi connectivity index (χ1) is 42.1. The van der Waals surface area contributed by atoms with E-state index < -0.39 is 0 Å². The fraction of sp³-hybridized carbons (Fsp3) is 0.725. The van der Waals surface area contributed by atoms with E-state index in [0.29, 0.717) is 60.1 Å². The Morgan fingerprint density at radius 3 is 1.13 bits per heavy atom. The predicted octanol–water partition coefficient (Wildman–Crippen LogP) is 19.6. The fourth-order valence-electron chi connectivity index (χ4n) is 8.37. The van der Waals surface area contributed by atoms with Gasteiger partial charge >= 0.3 is 0 Å². The molecule has 0 aromatic heterocycles. The lowest BCUT2D eigenvalue weighted by molar-refractivity contribution is -0.125. The zero-order valence-electron chi connectivity index (χ0n) is 65.1. The first-order valence-corrected chi connectivity index (χ1v) is 35.7. The van der Waals surface area contributed by atoms with Gasteiger partial charge in [0.15, 0.2) is 0 Å². The van der Waals surface area contributed by atoms with E-state index in [2.05, 4.69) is 227 Å². The lowest BCUT2D eigenvalue weighted by atomic mass is 9.89. The molecule has 3 fully saturated rings. The van der Waals surface area contributed by atoms with Crippen LogP contribution in [-0.2, 0) is 16.1 Å². The van der Waals surface area contributed by atoms with Crippen LogP contribution in [0.2, 0.25) is 0 Å². The first kappa shape index (κ1) is 94.6. The maximum Gasteiger partial charge on any atom is 0.222 e. The van der Waals surface area contributed by atoms with E-state index in [4.69, 9.17) is 0 Å². The average molecular weight is 1280 g/mol. The normalized spacial score (nSPS) is 13.8. The molecule has 532 valence electrons. The summed E-state index contributed by atoms with van der Waals surface area (Å²) in [5, 5.41) is 25.6. The first-order valence-electron chi connectivity index (χ1n) is 35.7. The van der Waals surface area contributed by atoms with Crippen LogP contribution in [-0.4, -0.2) is 74.6 Å². The Morgan fingerprint density at radius 2 is 0.846 bits per heavy atom. The molecule has 0 atom stereocenters. The summed E-state index contributed by atoms with van der Waals surface area (Å²) in [6, 6.07) is 11.6. The van der Waals surface area contributed by atoms with Crippen LogP contribution in [0.15, 0.2) is 116 Å². The van der Waals surface area contributed by atoms with Crippen LogP contribution in [0.5, 0.6) is 0 Å². The van der Waals surface area contributed by atoms with Crippen LogP contribution >= 0.6 is 0 Å². The monoisotopic (exact) mass is 1270 g/mol. The summed E-state index contributed by atoms with van der Waals surface area (Å²) < 4.78 is 0. The molecule has 3 aliphatic carbocycles. The Kier molecular flexibility index (Phi) is 58.7. The summed E-state index contributed by atoms with van der Waals surface area (Å²) in [6.07, 6.45) is 18.9. The second-order valence-corrected chi connectivity index (χ2v) is 29.4. The molecule has 0 unspecified atom stereocenters. The number of benzene rings is 1. The van der Waals surface area contributed by atoms with Crippen molar-refractivity contribution in [2.75, 3.05) is 34.2 Å². The Bertz CT molecular complexity index is 2030. The molecule has 11 nitrogen and oxygen atoms in total. The van der Waals surface area contributed by atoms with Crippen molar-refractivity contribution < 1.29 is 9.59 Å². The van der Waals surface area contributed by atoms with Gasteiger partial charge in [0.2, 0.25) is 11.8 Å². The highest BCUT2D eigenvalue weighted by Crippen LogP contribution is 2.24. The van der Waals surface area contributed by atoms with Gasteiger partial charge < -0.3 is 47.4 Å². The van der Waals surface area contributed by atoms with Gasteiger partial charge in [-0.3, -0.25) is 9.59 Å². The van der Waals surface area contributed by atoms with Gasteiger partial charge in [-0.05, 0) is 133 Å². The van der Waals surface area contributed by atoms with Crippen molar-refractivity contribution >= 4 is 11.8 Å². The summed E-state index contributed by atoms with van der Waals surface area (Å²) >= 11 is 0. The quantitative estimate of drug-likeness (QED) is 0.0509. The van der Waals surface area contributed by atoms with Crippen molar-refractivity contribution in [2.24, 2.45) is 59.2 Å². The molecule has 3 aliphatic rings. The number of carbonyl (C=O) groups is 2. The molecule has 0 aliphatic heterocycles. The Balaban J connectivity index is -0.000000307. The Hall–Kier alpha value is -5.06. The maximum absolute atomic E-state index is 11.3. The van der Waals surface area contributed by atoms with Crippen LogP contribution in [0.1, 0.15) is 262 Å². The van der Waals surface area contributed by atoms with Crippen molar-refractivity contribution in [1.29, 1.82) is 0 Å². The Morgan fingerprint density at radius 1 is 0.462 bits per heavy atom. The molecule has 0 bridgehead atoms. The van der Waals surface area contributed by atoms with Crippen LogP contribution in [0.25, 0.3) is 0 Å². The van der Waals surface area contributed by atoms with Crippen LogP contribution in [0.4, 0.5) is 0 Å². The lowest BCUT2D eigenvalue weighted by Gasteiger charge is -2.25. The Labute approximate surface area is 567 Å².